The lowest BCUT2D eigenvalue weighted by molar-refractivity contribution is -0.162. The van der Waals surface area contributed by atoms with E-state index < -0.39 is 19.5 Å². The summed E-state index contributed by atoms with van der Waals surface area (Å²) in [7, 11) is -2.02. The number of halogens is 1. The van der Waals surface area contributed by atoms with E-state index >= 15 is 0 Å². The zero-order valence-electron chi connectivity index (χ0n) is 19.4. The molecule has 5 nitrogen and oxygen atoms in total. The molecule has 4 atom stereocenters. The Morgan fingerprint density at radius 2 is 1.83 bits per heavy atom. The Balaban J connectivity index is 2.32. The van der Waals surface area contributed by atoms with Crippen LogP contribution in [0.3, 0.4) is 0 Å². The molecule has 1 saturated heterocycles. The number of fused-ring (bicyclic) bond motifs is 2. The van der Waals surface area contributed by atoms with Gasteiger partial charge in [-0.3, -0.25) is 9.59 Å². The molecular weight excluding hydrogens is 499 g/mol. The SMILES string of the molecule is CC(C)(C)OC(=O)C[C@@H]1[C@H]2CCC[C@H](I)C[C@@]1(CO[Si](C)(C)C(C)(C)C)OC2=O. The second-order valence-corrected chi connectivity index (χ2v) is 17.8. The molecule has 7 heteroatoms. The second-order valence-electron chi connectivity index (χ2n) is 11.3. The standard InChI is InChI=1S/C22H39IO5Si/c1-20(2,3)27-18(24)12-17-16-11-9-10-15(23)13-22(17,28-19(16)25)14-26-29(7,8)21(4,5)6/h15-17H,9-14H2,1-8H3/t15-,16+,17+,22-/m0/s1. The van der Waals surface area contributed by atoms with E-state index in [9.17, 15) is 9.59 Å². The van der Waals surface area contributed by atoms with E-state index in [1.807, 2.05) is 20.8 Å². The molecule has 0 aromatic rings. The minimum absolute atomic E-state index is 0.0671. The van der Waals surface area contributed by atoms with Crippen molar-refractivity contribution in [1.29, 1.82) is 0 Å². The summed E-state index contributed by atoms with van der Waals surface area (Å²) in [6, 6.07) is 0. The van der Waals surface area contributed by atoms with E-state index in [1.54, 1.807) is 0 Å². The van der Waals surface area contributed by atoms with E-state index in [4.69, 9.17) is 13.9 Å². The fourth-order valence-electron chi connectivity index (χ4n) is 4.04. The number of carbonyl (C=O) groups is 2. The van der Waals surface area contributed by atoms with Gasteiger partial charge in [0.15, 0.2) is 8.32 Å². The third-order valence-corrected chi connectivity index (χ3v) is 12.2. The lowest BCUT2D eigenvalue weighted by atomic mass is 9.73. The number of carbonyl (C=O) groups excluding carboxylic acids is 2. The largest absolute Gasteiger partial charge is 0.460 e. The predicted octanol–water partition coefficient (Wildman–Crippen LogP) is 5.65. The highest BCUT2D eigenvalue weighted by Gasteiger charge is 2.58. The maximum Gasteiger partial charge on any atom is 0.310 e. The minimum Gasteiger partial charge on any atom is -0.460 e. The van der Waals surface area contributed by atoms with Crippen LogP contribution in [0.1, 0.15) is 73.6 Å². The molecule has 0 radical (unpaired) electrons. The topological polar surface area (TPSA) is 61.8 Å². The highest BCUT2D eigenvalue weighted by Crippen LogP contribution is 2.49. The van der Waals surface area contributed by atoms with Crippen LogP contribution < -0.4 is 0 Å². The molecule has 1 saturated carbocycles. The van der Waals surface area contributed by atoms with Gasteiger partial charge in [0.05, 0.1) is 18.9 Å². The monoisotopic (exact) mass is 538 g/mol. The van der Waals surface area contributed by atoms with Crippen molar-refractivity contribution in [2.24, 2.45) is 11.8 Å². The van der Waals surface area contributed by atoms with Gasteiger partial charge in [-0.1, -0.05) is 49.8 Å². The van der Waals surface area contributed by atoms with Gasteiger partial charge in [0.1, 0.15) is 11.2 Å². The molecule has 2 rings (SSSR count). The van der Waals surface area contributed by atoms with Crippen LogP contribution in [0.5, 0.6) is 0 Å². The Bertz CT molecular complexity index is 622. The Morgan fingerprint density at radius 3 is 2.38 bits per heavy atom. The molecule has 0 aromatic carbocycles. The predicted molar refractivity (Wildman–Crippen MR) is 126 cm³/mol. The maximum atomic E-state index is 12.9. The maximum absolute atomic E-state index is 12.9. The third-order valence-electron chi connectivity index (χ3n) is 6.66. The second kappa shape index (κ2) is 8.77. The van der Waals surface area contributed by atoms with Crippen LogP contribution in [0.15, 0.2) is 0 Å². The van der Waals surface area contributed by atoms with Crippen molar-refractivity contribution in [2.75, 3.05) is 6.61 Å². The quantitative estimate of drug-likeness (QED) is 0.196. The number of rotatable bonds is 5. The van der Waals surface area contributed by atoms with Crippen LogP contribution in [0.4, 0.5) is 0 Å². The Kier molecular flexibility index (Phi) is 7.59. The lowest BCUT2D eigenvalue weighted by Crippen LogP contribution is -2.51. The van der Waals surface area contributed by atoms with Crippen molar-refractivity contribution in [3.8, 4) is 0 Å². The average Bonchev–Trinajstić information content (AvgIpc) is 2.77. The zero-order chi connectivity index (χ0) is 22.3. The van der Waals surface area contributed by atoms with Crippen molar-refractivity contribution < 1.29 is 23.5 Å². The Morgan fingerprint density at radius 1 is 1.21 bits per heavy atom. The zero-order valence-corrected chi connectivity index (χ0v) is 22.6. The molecule has 168 valence electrons. The van der Waals surface area contributed by atoms with Crippen LogP contribution in [0.2, 0.25) is 18.1 Å². The molecule has 1 heterocycles. The molecule has 2 aliphatic rings. The number of hydrogen-bond acceptors (Lipinski definition) is 5. The van der Waals surface area contributed by atoms with E-state index in [0.717, 1.165) is 25.7 Å². The molecule has 1 aliphatic carbocycles. The first-order chi connectivity index (χ1) is 13.1. The van der Waals surface area contributed by atoms with Gasteiger partial charge >= 0.3 is 11.9 Å². The molecule has 0 amide bonds. The van der Waals surface area contributed by atoms with Crippen molar-refractivity contribution in [1.82, 2.24) is 0 Å². The van der Waals surface area contributed by atoms with Crippen LogP contribution in [0.25, 0.3) is 0 Å². The average molecular weight is 539 g/mol. The van der Waals surface area contributed by atoms with Gasteiger partial charge in [0.25, 0.3) is 0 Å². The molecule has 29 heavy (non-hydrogen) atoms. The highest BCUT2D eigenvalue weighted by molar-refractivity contribution is 14.1. The van der Waals surface area contributed by atoms with Gasteiger partial charge in [-0.25, -0.2) is 0 Å². The summed E-state index contributed by atoms with van der Waals surface area (Å²) >= 11 is 2.46. The van der Waals surface area contributed by atoms with Crippen molar-refractivity contribution in [3.05, 3.63) is 0 Å². The van der Waals surface area contributed by atoms with Gasteiger partial charge in [-0.05, 0) is 51.7 Å². The van der Waals surface area contributed by atoms with Crippen LogP contribution in [0, 0.1) is 11.8 Å². The van der Waals surface area contributed by atoms with Gasteiger partial charge in [0, 0.05) is 16.3 Å². The summed E-state index contributed by atoms with van der Waals surface area (Å²) in [5.74, 6) is -0.849. The number of esters is 2. The Labute approximate surface area is 191 Å². The van der Waals surface area contributed by atoms with Crippen molar-refractivity contribution >= 4 is 42.8 Å². The normalized spacial score (nSPS) is 31.1. The highest BCUT2D eigenvalue weighted by atomic mass is 127. The van der Waals surface area contributed by atoms with Gasteiger partial charge < -0.3 is 13.9 Å². The molecular formula is C22H39IO5Si. The summed E-state index contributed by atoms with van der Waals surface area (Å²) in [5, 5.41) is 0.0671. The van der Waals surface area contributed by atoms with E-state index in [1.165, 1.54) is 0 Å². The first kappa shape index (κ1) is 25.1. The fourth-order valence-corrected chi connectivity index (χ4v) is 6.26. The smallest absolute Gasteiger partial charge is 0.310 e. The molecule has 2 fully saturated rings. The van der Waals surface area contributed by atoms with Gasteiger partial charge in [-0.15, -0.1) is 0 Å². The van der Waals surface area contributed by atoms with Crippen LogP contribution >= 0.6 is 22.6 Å². The minimum atomic E-state index is -2.02. The summed E-state index contributed by atoms with van der Waals surface area (Å²) in [4.78, 5) is 25.6. The number of ether oxygens (including phenoxy) is 2. The van der Waals surface area contributed by atoms with Gasteiger partial charge in [-0.2, -0.15) is 0 Å². The molecule has 2 bridgehead atoms. The van der Waals surface area contributed by atoms with Crippen molar-refractivity contribution in [2.45, 2.75) is 107 Å². The van der Waals surface area contributed by atoms with Crippen LogP contribution in [-0.2, 0) is 23.5 Å². The molecule has 0 N–H and O–H groups in total. The van der Waals surface area contributed by atoms with E-state index in [-0.39, 0.29) is 35.2 Å². The number of alkyl halides is 1. The molecule has 0 aromatic heterocycles. The first-order valence-corrected chi connectivity index (χ1v) is 14.9. The summed E-state index contributed by atoms with van der Waals surface area (Å²) in [5.41, 5.74) is -1.28. The van der Waals surface area contributed by atoms with Gasteiger partial charge in [0.2, 0.25) is 0 Å². The van der Waals surface area contributed by atoms with Crippen LogP contribution in [-0.4, -0.2) is 42.0 Å². The lowest BCUT2D eigenvalue weighted by Gasteiger charge is -2.42. The first-order valence-electron chi connectivity index (χ1n) is 10.8. The van der Waals surface area contributed by atoms with E-state index in [0.29, 0.717) is 10.5 Å². The Hall–Kier alpha value is -0.153. The van der Waals surface area contributed by atoms with E-state index in [2.05, 4.69) is 56.5 Å². The summed E-state index contributed by atoms with van der Waals surface area (Å²) < 4.78 is 18.7. The molecule has 1 aliphatic heterocycles. The van der Waals surface area contributed by atoms with Crippen molar-refractivity contribution in [3.63, 3.8) is 0 Å². The molecule has 0 unspecified atom stereocenters. The summed E-state index contributed by atoms with van der Waals surface area (Å²) in [6.07, 6.45) is 3.76. The molecule has 0 spiro atoms. The fraction of sp³-hybridized carbons (Fsp3) is 0.909. The summed E-state index contributed by atoms with van der Waals surface area (Å²) in [6.45, 7) is 17.0. The number of hydrogen-bond donors (Lipinski definition) is 0. The third kappa shape index (κ3) is 6.18.